The van der Waals surface area contributed by atoms with E-state index in [9.17, 15) is 4.79 Å². The molecule has 17 heavy (non-hydrogen) atoms. The van der Waals surface area contributed by atoms with Crippen LogP contribution >= 0.6 is 11.3 Å². The van der Waals surface area contributed by atoms with Crippen LogP contribution in [-0.4, -0.2) is 16.1 Å². The van der Waals surface area contributed by atoms with Crippen molar-refractivity contribution < 1.29 is 9.90 Å². The van der Waals surface area contributed by atoms with Crippen LogP contribution < -0.4 is 5.73 Å². The molecule has 2 aromatic rings. The standard InChI is InChI=1S/C11H7N3O2S/c12-4-7-8(13)3-9(11(15)16)14-10(7)6-1-2-17-5-6/h1-3,5H,(H2,13,14)(H,15,16). The molecule has 2 aromatic heterocycles. The average molecular weight is 245 g/mol. The molecule has 84 valence electrons. The van der Waals surface area contributed by atoms with Gasteiger partial charge in [-0.3, -0.25) is 0 Å². The van der Waals surface area contributed by atoms with Crippen LogP contribution in [0.1, 0.15) is 16.1 Å². The van der Waals surface area contributed by atoms with Gasteiger partial charge in [0.2, 0.25) is 0 Å². The molecule has 0 fully saturated rings. The van der Waals surface area contributed by atoms with E-state index < -0.39 is 5.97 Å². The Bertz CT molecular complexity index is 614. The Hall–Kier alpha value is -2.39. The smallest absolute Gasteiger partial charge is 0.354 e. The first-order valence-electron chi connectivity index (χ1n) is 4.60. The normalized spacial score (nSPS) is 9.82. The SMILES string of the molecule is N#Cc1c(N)cc(C(=O)O)nc1-c1ccsc1. The zero-order valence-electron chi connectivity index (χ0n) is 8.54. The second kappa shape index (κ2) is 4.23. The number of pyridine rings is 1. The maximum atomic E-state index is 10.9. The summed E-state index contributed by atoms with van der Waals surface area (Å²) in [5.41, 5.74) is 6.83. The summed E-state index contributed by atoms with van der Waals surface area (Å²) < 4.78 is 0. The van der Waals surface area contributed by atoms with Gasteiger partial charge >= 0.3 is 5.97 Å². The predicted molar refractivity (Wildman–Crippen MR) is 63.6 cm³/mol. The third-order valence-electron chi connectivity index (χ3n) is 2.18. The van der Waals surface area contributed by atoms with Crippen LogP contribution in [0.25, 0.3) is 11.3 Å². The Morgan fingerprint density at radius 1 is 1.59 bits per heavy atom. The lowest BCUT2D eigenvalue weighted by atomic mass is 10.1. The van der Waals surface area contributed by atoms with E-state index in [1.165, 1.54) is 17.4 Å². The molecule has 2 rings (SSSR count). The average Bonchev–Trinajstić information content (AvgIpc) is 2.81. The van der Waals surface area contributed by atoms with Crippen LogP contribution in [0.2, 0.25) is 0 Å². The number of thiophene rings is 1. The minimum Gasteiger partial charge on any atom is -0.477 e. The maximum Gasteiger partial charge on any atom is 0.354 e. The van der Waals surface area contributed by atoms with Crippen molar-refractivity contribution in [3.05, 3.63) is 34.2 Å². The molecule has 0 aliphatic carbocycles. The number of aromatic nitrogens is 1. The summed E-state index contributed by atoms with van der Waals surface area (Å²) in [5, 5.41) is 21.5. The van der Waals surface area contributed by atoms with Gasteiger partial charge in [0.15, 0.2) is 5.69 Å². The van der Waals surface area contributed by atoms with Gasteiger partial charge in [0, 0.05) is 10.9 Å². The minimum absolute atomic E-state index is 0.126. The number of carboxylic acid groups (broad SMARTS) is 1. The van der Waals surface area contributed by atoms with Crippen molar-refractivity contribution >= 4 is 23.0 Å². The van der Waals surface area contributed by atoms with Gasteiger partial charge in [-0.05, 0) is 17.5 Å². The van der Waals surface area contributed by atoms with E-state index in [0.29, 0.717) is 11.3 Å². The number of nitrogens with two attached hydrogens (primary N) is 1. The van der Waals surface area contributed by atoms with Crippen LogP contribution in [0.4, 0.5) is 5.69 Å². The number of carboxylic acids is 1. The Kier molecular flexibility index (Phi) is 2.77. The zero-order valence-corrected chi connectivity index (χ0v) is 9.36. The molecule has 0 aliphatic heterocycles. The largest absolute Gasteiger partial charge is 0.477 e. The fourth-order valence-electron chi connectivity index (χ4n) is 1.40. The highest BCUT2D eigenvalue weighted by atomic mass is 32.1. The molecule has 0 amide bonds. The second-order valence-corrected chi connectivity index (χ2v) is 4.03. The first-order chi connectivity index (χ1) is 8.13. The monoisotopic (exact) mass is 245 g/mol. The Labute approximate surface area is 101 Å². The molecule has 0 spiro atoms. The van der Waals surface area contributed by atoms with Gasteiger partial charge in [0.1, 0.15) is 11.6 Å². The van der Waals surface area contributed by atoms with Gasteiger partial charge in [-0.1, -0.05) is 0 Å². The first kappa shape index (κ1) is 11.1. The molecule has 5 nitrogen and oxygen atoms in total. The van der Waals surface area contributed by atoms with E-state index in [1.807, 2.05) is 11.4 Å². The molecule has 2 heterocycles. The molecule has 0 saturated heterocycles. The Morgan fingerprint density at radius 2 is 2.35 bits per heavy atom. The quantitative estimate of drug-likeness (QED) is 0.842. The first-order valence-corrected chi connectivity index (χ1v) is 5.54. The molecule has 6 heteroatoms. The molecule has 0 aliphatic rings. The summed E-state index contributed by atoms with van der Waals surface area (Å²) in [4.78, 5) is 14.8. The number of nitriles is 1. The summed E-state index contributed by atoms with van der Waals surface area (Å²) >= 11 is 1.44. The molecule has 0 aromatic carbocycles. The van der Waals surface area contributed by atoms with Crippen molar-refractivity contribution in [2.24, 2.45) is 0 Å². The van der Waals surface area contributed by atoms with Gasteiger partial charge in [0.05, 0.1) is 11.4 Å². The number of hydrogen-bond donors (Lipinski definition) is 2. The van der Waals surface area contributed by atoms with Crippen LogP contribution in [0.3, 0.4) is 0 Å². The highest BCUT2D eigenvalue weighted by Gasteiger charge is 2.15. The number of nitrogen functional groups attached to an aromatic ring is 1. The van der Waals surface area contributed by atoms with Crippen LogP contribution in [0, 0.1) is 11.3 Å². The summed E-state index contributed by atoms with van der Waals surface area (Å²) in [6.07, 6.45) is 0. The highest BCUT2D eigenvalue weighted by molar-refractivity contribution is 7.08. The van der Waals surface area contributed by atoms with Gasteiger partial charge in [-0.15, -0.1) is 0 Å². The lowest BCUT2D eigenvalue weighted by Gasteiger charge is -2.05. The third-order valence-corrected chi connectivity index (χ3v) is 2.86. The Balaban J connectivity index is 2.72. The number of rotatable bonds is 2. The van der Waals surface area contributed by atoms with Crippen molar-refractivity contribution in [2.45, 2.75) is 0 Å². The zero-order chi connectivity index (χ0) is 12.4. The van der Waals surface area contributed by atoms with E-state index in [2.05, 4.69) is 4.98 Å². The van der Waals surface area contributed by atoms with E-state index in [1.54, 1.807) is 11.4 Å². The van der Waals surface area contributed by atoms with Gasteiger partial charge in [0.25, 0.3) is 0 Å². The molecule has 0 unspecified atom stereocenters. The van der Waals surface area contributed by atoms with E-state index >= 15 is 0 Å². The molecule has 0 saturated carbocycles. The molecular weight excluding hydrogens is 238 g/mol. The van der Waals surface area contributed by atoms with Gasteiger partial charge < -0.3 is 10.8 Å². The second-order valence-electron chi connectivity index (χ2n) is 3.25. The summed E-state index contributed by atoms with van der Waals surface area (Å²) in [6, 6.07) is 4.90. The summed E-state index contributed by atoms with van der Waals surface area (Å²) in [6.45, 7) is 0. The van der Waals surface area contributed by atoms with Crippen molar-refractivity contribution in [2.75, 3.05) is 5.73 Å². The van der Waals surface area contributed by atoms with E-state index in [-0.39, 0.29) is 16.9 Å². The number of aromatic carboxylic acids is 1. The molecular formula is C11H7N3O2S. The van der Waals surface area contributed by atoms with Crippen molar-refractivity contribution in [3.63, 3.8) is 0 Å². The lowest BCUT2D eigenvalue weighted by Crippen LogP contribution is -2.05. The van der Waals surface area contributed by atoms with Crippen LogP contribution in [-0.2, 0) is 0 Å². The molecule has 0 atom stereocenters. The number of hydrogen-bond acceptors (Lipinski definition) is 5. The fourth-order valence-corrected chi connectivity index (χ4v) is 2.04. The third kappa shape index (κ3) is 1.96. The molecule has 0 bridgehead atoms. The minimum atomic E-state index is -1.17. The molecule has 0 radical (unpaired) electrons. The van der Waals surface area contributed by atoms with Gasteiger partial charge in [-0.2, -0.15) is 16.6 Å². The van der Waals surface area contributed by atoms with Crippen molar-refractivity contribution in [1.82, 2.24) is 4.98 Å². The number of nitrogens with zero attached hydrogens (tertiary/aromatic N) is 2. The molecule has 3 N–H and O–H groups in total. The van der Waals surface area contributed by atoms with Crippen LogP contribution in [0.5, 0.6) is 0 Å². The van der Waals surface area contributed by atoms with Gasteiger partial charge in [-0.25, -0.2) is 9.78 Å². The summed E-state index contributed by atoms with van der Waals surface area (Å²) in [5.74, 6) is -1.17. The number of carbonyl (C=O) groups is 1. The van der Waals surface area contributed by atoms with Crippen molar-refractivity contribution in [3.8, 4) is 17.3 Å². The Morgan fingerprint density at radius 3 is 2.88 bits per heavy atom. The van der Waals surface area contributed by atoms with Crippen molar-refractivity contribution in [1.29, 1.82) is 5.26 Å². The fraction of sp³-hybridized carbons (Fsp3) is 0. The van der Waals surface area contributed by atoms with E-state index in [0.717, 1.165) is 0 Å². The summed E-state index contributed by atoms with van der Waals surface area (Å²) in [7, 11) is 0. The highest BCUT2D eigenvalue weighted by Crippen LogP contribution is 2.27. The number of anilines is 1. The topological polar surface area (TPSA) is 100 Å². The predicted octanol–water partition coefficient (Wildman–Crippen LogP) is 1.96. The lowest BCUT2D eigenvalue weighted by molar-refractivity contribution is 0.0690. The maximum absolute atomic E-state index is 10.9. The van der Waals surface area contributed by atoms with Crippen LogP contribution in [0.15, 0.2) is 22.9 Å². The van der Waals surface area contributed by atoms with E-state index in [4.69, 9.17) is 16.1 Å².